The molecule has 2 aromatic carbocycles. The van der Waals surface area contributed by atoms with E-state index in [0.717, 1.165) is 27.8 Å². The number of amides is 4. The molecule has 0 bridgehead atoms. The average Bonchev–Trinajstić information content (AvgIpc) is 3.19. The molecular weight excluding hydrogens is 444 g/mol. The van der Waals surface area contributed by atoms with Crippen molar-refractivity contribution < 1.29 is 19.1 Å². The lowest BCUT2D eigenvalue weighted by Gasteiger charge is -2.33. The van der Waals surface area contributed by atoms with Crippen LogP contribution in [0.1, 0.15) is 40.0 Å². The van der Waals surface area contributed by atoms with Gasteiger partial charge in [-0.3, -0.25) is 19.9 Å². The van der Waals surface area contributed by atoms with Crippen LogP contribution in [-0.2, 0) is 22.7 Å². The van der Waals surface area contributed by atoms with Crippen LogP contribution in [0.4, 0.5) is 4.79 Å². The first-order chi connectivity index (χ1) is 17.0. The summed E-state index contributed by atoms with van der Waals surface area (Å²) in [6.07, 6.45) is 3.86. The number of imide groups is 1. The normalized spacial score (nSPS) is 13.3. The number of nitrogens with one attached hydrogen (secondary N) is 1. The third kappa shape index (κ3) is 5.22. The molecule has 180 valence electrons. The first-order valence-electron chi connectivity index (χ1n) is 11.5. The number of benzene rings is 2. The first-order valence-corrected chi connectivity index (χ1v) is 11.5. The predicted molar refractivity (Wildman–Crippen MR) is 131 cm³/mol. The number of carbonyl (C=O) groups excluding carboxylic acids is 3. The van der Waals surface area contributed by atoms with Gasteiger partial charge in [-0.05, 0) is 52.9 Å². The van der Waals surface area contributed by atoms with E-state index < -0.39 is 12.1 Å². The SMILES string of the molecule is CCN(C(=O)NC=O)[C@@H](CN1Cc2cc(COC)ccc2C1=O)c1ccc(-c2ccncc2)cc1. The minimum atomic E-state index is -0.503. The lowest BCUT2D eigenvalue weighted by atomic mass is 10.00. The maximum Gasteiger partial charge on any atom is 0.324 e. The molecule has 0 unspecified atom stereocenters. The van der Waals surface area contributed by atoms with Crippen LogP contribution in [0.25, 0.3) is 11.1 Å². The molecular formula is C27H28N4O4. The molecule has 1 atom stereocenters. The molecule has 35 heavy (non-hydrogen) atoms. The van der Waals surface area contributed by atoms with Crippen LogP contribution in [-0.4, -0.2) is 53.3 Å². The van der Waals surface area contributed by atoms with E-state index in [0.29, 0.717) is 38.2 Å². The smallest absolute Gasteiger partial charge is 0.324 e. The Morgan fingerprint density at radius 1 is 1.14 bits per heavy atom. The molecule has 8 nitrogen and oxygen atoms in total. The Morgan fingerprint density at radius 3 is 2.51 bits per heavy atom. The number of methoxy groups -OCH3 is 1. The zero-order valence-corrected chi connectivity index (χ0v) is 19.8. The Balaban J connectivity index is 1.63. The van der Waals surface area contributed by atoms with E-state index in [9.17, 15) is 14.4 Å². The van der Waals surface area contributed by atoms with Crippen LogP contribution in [0.15, 0.2) is 67.0 Å². The van der Waals surface area contributed by atoms with Gasteiger partial charge >= 0.3 is 6.03 Å². The van der Waals surface area contributed by atoms with E-state index in [4.69, 9.17) is 4.74 Å². The highest BCUT2D eigenvalue weighted by atomic mass is 16.5. The van der Waals surface area contributed by atoms with Crippen molar-refractivity contribution in [1.82, 2.24) is 20.1 Å². The molecule has 1 aromatic heterocycles. The number of ether oxygens (including phenoxy) is 1. The van der Waals surface area contributed by atoms with Gasteiger partial charge in [-0.15, -0.1) is 0 Å². The summed E-state index contributed by atoms with van der Waals surface area (Å²) in [7, 11) is 1.64. The summed E-state index contributed by atoms with van der Waals surface area (Å²) in [5.41, 5.74) is 5.53. The number of hydrogen-bond acceptors (Lipinski definition) is 5. The van der Waals surface area contributed by atoms with Gasteiger partial charge < -0.3 is 14.5 Å². The summed E-state index contributed by atoms with van der Waals surface area (Å²) >= 11 is 0. The molecule has 4 rings (SSSR count). The van der Waals surface area contributed by atoms with E-state index in [2.05, 4.69) is 10.3 Å². The predicted octanol–water partition coefficient (Wildman–Crippen LogP) is 3.78. The summed E-state index contributed by atoms with van der Waals surface area (Å²) in [6.45, 7) is 3.43. The van der Waals surface area contributed by atoms with Gasteiger partial charge in [-0.25, -0.2) is 4.79 Å². The number of nitrogens with zero attached hydrogens (tertiary/aromatic N) is 3. The number of carbonyl (C=O) groups is 3. The third-order valence-corrected chi connectivity index (χ3v) is 6.22. The summed E-state index contributed by atoms with van der Waals surface area (Å²) in [5, 5.41) is 2.24. The van der Waals surface area contributed by atoms with Gasteiger partial charge in [0.25, 0.3) is 5.91 Å². The standard InChI is InChI=1S/C27H28N4O4/c1-3-31(27(34)29-18-32)25(22-7-5-20(6-8-22)21-10-12-28-13-11-21)16-30-15-23-14-19(17-35-2)4-9-24(23)26(30)33/h4-14,18,25H,3,15-17H2,1-2H3,(H,29,32,34)/t25-/m0/s1. The maximum atomic E-state index is 13.2. The summed E-state index contributed by atoms with van der Waals surface area (Å²) in [5.74, 6) is -0.0748. The molecule has 2 heterocycles. The zero-order valence-electron chi connectivity index (χ0n) is 19.8. The molecule has 0 saturated heterocycles. The molecule has 4 amide bonds. The molecule has 1 aliphatic rings. The van der Waals surface area contributed by atoms with Crippen molar-refractivity contribution in [3.8, 4) is 11.1 Å². The molecule has 0 fully saturated rings. The second kappa shape index (κ2) is 10.9. The van der Waals surface area contributed by atoms with Crippen molar-refractivity contribution >= 4 is 18.3 Å². The summed E-state index contributed by atoms with van der Waals surface area (Å²) in [6, 6.07) is 16.5. The van der Waals surface area contributed by atoms with Crippen molar-refractivity contribution in [2.75, 3.05) is 20.2 Å². The monoisotopic (exact) mass is 472 g/mol. The molecule has 1 aliphatic heterocycles. The van der Waals surface area contributed by atoms with E-state index in [-0.39, 0.29) is 5.91 Å². The summed E-state index contributed by atoms with van der Waals surface area (Å²) in [4.78, 5) is 44.3. The molecule has 0 aliphatic carbocycles. The van der Waals surface area contributed by atoms with Crippen LogP contribution in [0.2, 0.25) is 0 Å². The topological polar surface area (TPSA) is 91.8 Å². The third-order valence-electron chi connectivity index (χ3n) is 6.22. The Hall–Kier alpha value is -4.04. The second-order valence-corrected chi connectivity index (χ2v) is 8.34. The van der Waals surface area contributed by atoms with Crippen molar-refractivity contribution in [2.45, 2.75) is 26.1 Å². The quantitative estimate of drug-likeness (QED) is 0.479. The van der Waals surface area contributed by atoms with E-state index in [1.165, 1.54) is 0 Å². The Bertz CT molecular complexity index is 1200. The Morgan fingerprint density at radius 2 is 1.86 bits per heavy atom. The van der Waals surface area contributed by atoms with E-state index >= 15 is 0 Å². The highest BCUT2D eigenvalue weighted by molar-refractivity contribution is 5.98. The number of aromatic nitrogens is 1. The Labute approximate surface area is 204 Å². The molecule has 0 radical (unpaired) electrons. The van der Waals surface area contributed by atoms with Crippen molar-refractivity contribution in [3.05, 3.63) is 89.2 Å². The van der Waals surface area contributed by atoms with Crippen molar-refractivity contribution in [3.63, 3.8) is 0 Å². The van der Waals surface area contributed by atoms with Gasteiger partial charge in [-0.1, -0.05) is 36.4 Å². The minimum absolute atomic E-state index is 0.0748. The average molecular weight is 473 g/mol. The Kier molecular flexibility index (Phi) is 7.52. The zero-order chi connectivity index (χ0) is 24.8. The molecule has 3 aromatic rings. The highest BCUT2D eigenvalue weighted by Crippen LogP contribution is 2.30. The van der Waals surface area contributed by atoms with Crippen LogP contribution in [0.5, 0.6) is 0 Å². The van der Waals surface area contributed by atoms with Crippen LogP contribution < -0.4 is 5.32 Å². The minimum Gasteiger partial charge on any atom is -0.380 e. The first kappa shape index (κ1) is 24.1. The van der Waals surface area contributed by atoms with Gasteiger partial charge in [0.15, 0.2) is 0 Å². The number of urea groups is 1. The van der Waals surface area contributed by atoms with E-state index in [1.807, 2.05) is 61.5 Å². The largest absolute Gasteiger partial charge is 0.380 e. The molecule has 0 spiro atoms. The fourth-order valence-corrected chi connectivity index (χ4v) is 4.51. The lowest BCUT2D eigenvalue weighted by Crippen LogP contribution is -2.45. The highest BCUT2D eigenvalue weighted by Gasteiger charge is 2.33. The van der Waals surface area contributed by atoms with Crippen LogP contribution in [0.3, 0.4) is 0 Å². The van der Waals surface area contributed by atoms with Gasteiger partial charge in [0.05, 0.1) is 12.6 Å². The lowest BCUT2D eigenvalue weighted by molar-refractivity contribution is -0.108. The number of rotatable bonds is 9. The van der Waals surface area contributed by atoms with Gasteiger partial charge in [0.1, 0.15) is 0 Å². The molecule has 8 heteroatoms. The molecule has 0 saturated carbocycles. The maximum absolute atomic E-state index is 13.2. The summed E-state index contributed by atoms with van der Waals surface area (Å²) < 4.78 is 5.22. The van der Waals surface area contributed by atoms with Gasteiger partial charge in [0.2, 0.25) is 6.41 Å². The van der Waals surface area contributed by atoms with Crippen molar-refractivity contribution in [1.29, 1.82) is 0 Å². The van der Waals surface area contributed by atoms with E-state index in [1.54, 1.807) is 29.3 Å². The second-order valence-electron chi connectivity index (χ2n) is 8.34. The fraction of sp³-hybridized carbons (Fsp3) is 0.259. The fourth-order valence-electron chi connectivity index (χ4n) is 4.51. The number of hydrogen-bond donors (Lipinski definition) is 1. The number of fused-ring (bicyclic) bond motifs is 1. The van der Waals surface area contributed by atoms with Crippen LogP contribution >= 0.6 is 0 Å². The van der Waals surface area contributed by atoms with Gasteiger partial charge in [-0.2, -0.15) is 0 Å². The molecule has 1 N–H and O–H groups in total. The number of likely N-dealkylation sites (N-methyl/N-ethyl adjacent to an activating group) is 1. The number of pyridine rings is 1. The van der Waals surface area contributed by atoms with Crippen molar-refractivity contribution in [2.24, 2.45) is 0 Å². The van der Waals surface area contributed by atoms with Gasteiger partial charge in [0, 0.05) is 44.7 Å². The van der Waals surface area contributed by atoms with Crippen LogP contribution in [0, 0.1) is 0 Å².